The van der Waals surface area contributed by atoms with E-state index >= 15 is 0 Å². The fraction of sp³-hybridized carbons (Fsp3) is 0.242. The van der Waals surface area contributed by atoms with Crippen LogP contribution in [0.1, 0.15) is 37.5 Å². The number of aryl methyl sites for hydroxylation is 3. The summed E-state index contributed by atoms with van der Waals surface area (Å²) in [6, 6.07) is 31.1. The van der Waals surface area contributed by atoms with E-state index in [2.05, 4.69) is 74.5 Å². The average molecular weight is 593 g/mol. The van der Waals surface area contributed by atoms with Crippen LogP contribution in [-0.2, 0) is 30.5 Å². The summed E-state index contributed by atoms with van der Waals surface area (Å²) in [4.78, 5) is 15.5. The molecular formula is C33H36O6S2. The van der Waals surface area contributed by atoms with Gasteiger partial charge >= 0.3 is 5.97 Å². The Hall–Kier alpha value is -3.59. The lowest BCUT2D eigenvalue weighted by atomic mass is 10.2. The second-order valence-corrected chi connectivity index (χ2v) is 14.0. The van der Waals surface area contributed by atoms with E-state index in [9.17, 15) is 17.8 Å². The minimum absolute atomic E-state index is 0.0991. The first kappa shape index (κ1) is 31.9. The Morgan fingerprint density at radius 3 is 1.68 bits per heavy atom. The van der Waals surface area contributed by atoms with E-state index in [1.54, 1.807) is 12.1 Å². The maximum absolute atomic E-state index is 11.9. The third kappa shape index (κ3) is 10.4. The zero-order valence-electron chi connectivity index (χ0n) is 24.2. The van der Waals surface area contributed by atoms with Crippen LogP contribution in [0.4, 0.5) is 0 Å². The Morgan fingerprint density at radius 2 is 1.24 bits per heavy atom. The van der Waals surface area contributed by atoms with Gasteiger partial charge in [-0.25, -0.2) is 13.2 Å². The third-order valence-corrected chi connectivity index (χ3v) is 8.64. The van der Waals surface area contributed by atoms with Crippen LogP contribution in [0.2, 0.25) is 0 Å². The number of benzene rings is 4. The maximum atomic E-state index is 11.9. The molecule has 0 aromatic heterocycles. The Balaban J connectivity index is 0.000000352. The molecule has 4 rings (SSSR count). The second kappa shape index (κ2) is 13.9. The van der Waals surface area contributed by atoms with Gasteiger partial charge in [-0.1, -0.05) is 42.0 Å². The zero-order chi connectivity index (χ0) is 30.2. The van der Waals surface area contributed by atoms with Crippen LogP contribution in [0.15, 0.2) is 117 Å². The summed E-state index contributed by atoms with van der Waals surface area (Å²) in [5.41, 5.74) is 2.91. The quantitative estimate of drug-likeness (QED) is 0.130. The van der Waals surface area contributed by atoms with Gasteiger partial charge in [0.1, 0.15) is 21.5 Å². The summed E-state index contributed by atoms with van der Waals surface area (Å²) in [5.74, 6) is 0.285. The molecule has 0 amide bonds. The molecule has 4 aromatic rings. The summed E-state index contributed by atoms with van der Waals surface area (Å²) in [5, 5.41) is 0. The lowest BCUT2D eigenvalue weighted by Crippen LogP contribution is -2.27. The van der Waals surface area contributed by atoms with Crippen molar-refractivity contribution in [1.29, 1.82) is 0 Å². The van der Waals surface area contributed by atoms with Gasteiger partial charge in [-0.3, -0.25) is 0 Å². The van der Waals surface area contributed by atoms with Gasteiger partial charge in [-0.15, -0.1) is 0 Å². The van der Waals surface area contributed by atoms with Crippen LogP contribution in [0.5, 0.6) is 5.75 Å². The van der Waals surface area contributed by atoms with Gasteiger partial charge in [0.05, 0.1) is 15.8 Å². The van der Waals surface area contributed by atoms with Crippen molar-refractivity contribution in [2.45, 2.75) is 66.7 Å². The molecule has 0 saturated carbocycles. The van der Waals surface area contributed by atoms with E-state index in [1.165, 1.54) is 37.9 Å². The molecule has 0 spiro atoms. The highest BCUT2D eigenvalue weighted by Crippen LogP contribution is 2.33. The van der Waals surface area contributed by atoms with E-state index in [0.29, 0.717) is 5.75 Å². The molecule has 0 fully saturated rings. The summed E-state index contributed by atoms with van der Waals surface area (Å²) in [6.07, 6.45) is 0. The van der Waals surface area contributed by atoms with Crippen LogP contribution >= 0.6 is 0 Å². The van der Waals surface area contributed by atoms with Crippen LogP contribution in [-0.4, -0.2) is 31.1 Å². The number of hydrogen-bond acceptors (Lipinski definition) is 6. The molecule has 0 bridgehead atoms. The summed E-state index contributed by atoms with van der Waals surface area (Å²) < 4.78 is 42.1. The molecule has 216 valence electrons. The van der Waals surface area contributed by atoms with Crippen molar-refractivity contribution in [2.24, 2.45) is 0 Å². The van der Waals surface area contributed by atoms with E-state index < -0.39 is 15.7 Å². The lowest BCUT2D eigenvalue weighted by molar-refractivity contribution is -0.157. The Labute approximate surface area is 246 Å². The maximum Gasteiger partial charge on any atom is 0.344 e. The fourth-order valence-electron chi connectivity index (χ4n) is 3.78. The largest absolute Gasteiger partial charge is 0.744 e. The van der Waals surface area contributed by atoms with Crippen LogP contribution in [0.3, 0.4) is 0 Å². The first-order valence-electron chi connectivity index (χ1n) is 13.1. The normalized spacial score (nSPS) is 11.4. The smallest absolute Gasteiger partial charge is 0.344 e. The third-order valence-electron chi connectivity index (χ3n) is 5.60. The molecule has 0 unspecified atom stereocenters. The van der Waals surface area contributed by atoms with E-state index in [-0.39, 0.29) is 28.4 Å². The number of carbonyl (C=O) groups is 1. The summed E-state index contributed by atoms with van der Waals surface area (Å²) in [7, 11) is -4.49. The van der Waals surface area contributed by atoms with Gasteiger partial charge in [0.25, 0.3) is 0 Å². The number of rotatable bonds is 7. The molecule has 0 atom stereocenters. The first-order valence-corrected chi connectivity index (χ1v) is 15.7. The van der Waals surface area contributed by atoms with Crippen LogP contribution in [0.25, 0.3) is 0 Å². The average Bonchev–Trinajstić information content (AvgIpc) is 2.88. The van der Waals surface area contributed by atoms with E-state index in [4.69, 9.17) is 9.47 Å². The number of ether oxygens (including phenoxy) is 2. The van der Waals surface area contributed by atoms with Crippen molar-refractivity contribution in [2.75, 3.05) is 6.61 Å². The van der Waals surface area contributed by atoms with Gasteiger partial charge in [0.15, 0.2) is 21.3 Å². The molecule has 0 aliphatic rings. The summed E-state index contributed by atoms with van der Waals surface area (Å²) in [6.45, 7) is 11.5. The predicted octanol–water partition coefficient (Wildman–Crippen LogP) is 7.02. The highest BCUT2D eigenvalue weighted by Gasteiger charge is 2.29. The van der Waals surface area contributed by atoms with Crippen molar-refractivity contribution in [3.8, 4) is 5.75 Å². The molecule has 0 saturated heterocycles. The monoisotopic (exact) mass is 592 g/mol. The topological polar surface area (TPSA) is 92.7 Å². The Bertz CT molecular complexity index is 1510. The van der Waals surface area contributed by atoms with Crippen molar-refractivity contribution in [3.05, 3.63) is 114 Å². The molecule has 0 radical (unpaired) electrons. The minimum atomic E-state index is -4.27. The Morgan fingerprint density at radius 1 is 0.732 bits per heavy atom. The van der Waals surface area contributed by atoms with Gasteiger partial charge in [0, 0.05) is 0 Å². The number of carbonyl (C=O) groups excluding carboxylic acids is 1. The highest BCUT2D eigenvalue weighted by molar-refractivity contribution is 7.97. The lowest BCUT2D eigenvalue weighted by Gasteiger charge is -2.19. The molecule has 0 N–H and O–H groups in total. The molecule has 4 aromatic carbocycles. The number of esters is 1. The van der Waals surface area contributed by atoms with E-state index in [1.807, 2.05) is 39.8 Å². The second-order valence-electron chi connectivity index (χ2n) is 10.6. The standard InChI is InChI=1S/C26H29O3S.C7H8O3S/c1-19-8-6-10-23(16-19)30(24-11-7-9-20(2)17-24)22-14-12-21(13-15-22)28-18-25(27)29-26(3,4)5;1-6-2-4-7(5-3-6)11(8,9)10/h6-17H,18H2,1-5H3;2-5H,1H3,(H,8,9,10)/q+1;/p-1. The van der Waals surface area contributed by atoms with Gasteiger partial charge in [0.2, 0.25) is 0 Å². The van der Waals surface area contributed by atoms with Crippen molar-refractivity contribution in [3.63, 3.8) is 0 Å². The molecular weight excluding hydrogens is 556 g/mol. The molecule has 0 aliphatic carbocycles. The van der Waals surface area contributed by atoms with Gasteiger partial charge in [-0.05, 0) is 113 Å². The number of hydrogen-bond donors (Lipinski definition) is 0. The predicted molar refractivity (Wildman–Crippen MR) is 161 cm³/mol. The summed E-state index contributed by atoms with van der Waals surface area (Å²) >= 11 is 0. The van der Waals surface area contributed by atoms with Crippen molar-refractivity contribution < 1.29 is 27.2 Å². The van der Waals surface area contributed by atoms with Crippen LogP contribution in [0, 0.1) is 20.8 Å². The van der Waals surface area contributed by atoms with Crippen molar-refractivity contribution >= 4 is 27.0 Å². The van der Waals surface area contributed by atoms with E-state index in [0.717, 1.165) is 5.56 Å². The van der Waals surface area contributed by atoms with Crippen molar-refractivity contribution in [1.82, 2.24) is 0 Å². The first-order chi connectivity index (χ1) is 19.2. The molecule has 41 heavy (non-hydrogen) atoms. The van der Waals surface area contributed by atoms with Gasteiger partial charge < -0.3 is 14.0 Å². The highest BCUT2D eigenvalue weighted by atomic mass is 32.2. The molecule has 8 heteroatoms. The minimum Gasteiger partial charge on any atom is -0.744 e. The Kier molecular flexibility index (Phi) is 10.8. The van der Waals surface area contributed by atoms with Gasteiger partial charge in [-0.2, -0.15) is 0 Å². The SMILES string of the molecule is Cc1ccc(S(=O)(=O)[O-])cc1.Cc1cccc([S+](c2ccc(OCC(=O)OC(C)(C)C)cc2)c2cccc(C)c2)c1. The fourth-order valence-corrected chi connectivity index (χ4v) is 6.51. The zero-order valence-corrected chi connectivity index (χ0v) is 25.8. The molecule has 0 aliphatic heterocycles. The molecule has 0 heterocycles. The van der Waals surface area contributed by atoms with Crippen LogP contribution < -0.4 is 4.74 Å². The molecule has 6 nitrogen and oxygen atoms in total.